The average molecular weight is 256 g/mol. The van der Waals surface area contributed by atoms with Gasteiger partial charge in [0, 0.05) is 26.6 Å². The first kappa shape index (κ1) is 15.0. The van der Waals surface area contributed by atoms with Crippen molar-refractivity contribution in [3.63, 3.8) is 0 Å². The predicted molar refractivity (Wildman–Crippen MR) is 69.0 cm³/mol. The highest BCUT2D eigenvalue weighted by molar-refractivity contribution is 5.88. The van der Waals surface area contributed by atoms with E-state index in [1.165, 1.54) is 0 Å². The molecule has 0 aromatic rings. The molecule has 1 rings (SSSR count). The van der Waals surface area contributed by atoms with Crippen LogP contribution in [0.4, 0.5) is 0 Å². The lowest BCUT2D eigenvalue weighted by molar-refractivity contribution is -0.143. The van der Waals surface area contributed by atoms with Gasteiger partial charge in [-0.2, -0.15) is 0 Å². The van der Waals surface area contributed by atoms with Crippen molar-refractivity contribution in [2.45, 2.75) is 51.7 Å². The van der Waals surface area contributed by atoms with Crippen LogP contribution in [0.1, 0.15) is 39.5 Å². The first-order valence-electron chi connectivity index (χ1n) is 6.69. The lowest BCUT2D eigenvalue weighted by Gasteiger charge is -2.30. The number of rotatable bonds is 6. The highest BCUT2D eigenvalue weighted by Crippen LogP contribution is 2.17. The van der Waals surface area contributed by atoms with Gasteiger partial charge in [0.2, 0.25) is 11.8 Å². The average Bonchev–Trinajstić information content (AvgIpc) is 2.73. The van der Waals surface area contributed by atoms with Crippen molar-refractivity contribution in [3.8, 4) is 0 Å². The molecule has 0 saturated carbocycles. The van der Waals surface area contributed by atoms with Crippen molar-refractivity contribution < 1.29 is 14.7 Å². The Morgan fingerprint density at radius 2 is 2.22 bits per heavy atom. The van der Waals surface area contributed by atoms with Crippen molar-refractivity contribution in [1.29, 1.82) is 0 Å². The fraction of sp³-hybridized carbons (Fsp3) is 0.846. The number of aliphatic hydroxyl groups excluding tert-OH is 1. The highest BCUT2D eigenvalue weighted by atomic mass is 16.3. The molecule has 1 aliphatic rings. The molecular formula is C13H24N2O3. The van der Waals surface area contributed by atoms with Crippen molar-refractivity contribution in [1.82, 2.24) is 9.80 Å². The molecule has 0 aromatic heterocycles. The van der Waals surface area contributed by atoms with Crippen LogP contribution in [-0.2, 0) is 9.59 Å². The third-order valence-electron chi connectivity index (χ3n) is 3.42. The molecule has 0 radical (unpaired) electrons. The fourth-order valence-corrected chi connectivity index (χ4v) is 2.27. The molecule has 1 fully saturated rings. The number of carbonyl (C=O) groups is 2. The molecule has 0 bridgehead atoms. The Labute approximate surface area is 109 Å². The van der Waals surface area contributed by atoms with Crippen molar-refractivity contribution in [2.24, 2.45) is 0 Å². The molecule has 2 atom stereocenters. The largest absolute Gasteiger partial charge is 0.393 e. The predicted octanol–water partition coefficient (Wildman–Crippen LogP) is 0.617. The Kier molecular flexibility index (Phi) is 5.59. The van der Waals surface area contributed by atoms with E-state index in [1.807, 2.05) is 6.92 Å². The third-order valence-corrected chi connectivity index (χ3v) is 3.42. The minimum absolute atomic E-state index is 0.0200. The monoisotopic (exact) mass is 256 g/mol. The zero-order valence-electron chi connectivity index (χ0n) is 11.6. The number of carbonyl (C=O) groups excluding carboxylic acids is 2. The molecular weight excluding hydrogens is 232 g/mol. The zero-order chi connectivity index (χ0) is 13.7. The molecule has 5 nitrogen and oxygen atoms in total. The summed E-state index contributed by atoms with van der Waals surface area (Å²) in [6, 6.07) is -0.334. The summed E-state index contributed by atoms with van der Waals surface area (Å²) in [5.41, 5.74) is 0. The van der Waals surface area contributed by atoms with Gasteiger partial charge in [0.1, 0.15) is 6.04 Å². The van der Waals surface area contributed by atoms with E-state index in [-0.39, 0.29) is 17.9 Å². The van der Waals surface area contributed by atoms with Gasteiger partial charge < -0.3 is 14.9 Å². The van der Waals surface area contributed by atoms with Crippen LogP contribution in [0.25, 0.3) is 0 Å². The number of aliphatic hydroxyl groups is 1. The number of nitrogens with zero attached hydrogens (tertiary/aromatic N) is 2. The van der Waals surface area contributed by atoms with E-state index in [4.69, 9.17) is 0 Å². The maximum absolute atomic E-state index is 12.3. The van der Waals surface area contributed by atoms with Crippen LogP contribution in [0.2, 0.25) is 0 Å². The van der Waals surface area contributed by atoms with Gasteiger partial charge in [-0.25, -0.2) is 0 Å². The van der Waals surface area contributed by atoms with Gasteiger partial charge >= 0.3 is 0 Å². The molecule has 5 heteroatoms. The van der Waals surface area contributed by atoms with Crippen molar-refractivity contribution in [3.05, 3.63) is 0 Å². The smallest absolute Gasteiger partial charge is 0.245 e. The first-order chi connectivity index (χ1) is 8.47. The Bertz CT molecular complexity index is 305. The summed E-state index contributed by atoms with van der Waals surface area (Å²) in [7, 11) is 1.73. The second-order valence-corrected chi connectivity index (χ2v) is 5.01. The Balaban J connectivity index is 2.58. The summed E-state index contributed by atoms with van der Waals surface area (Å²) in [6.45, 7) is 4.85. The van der Waals surface area contributed by atoms with E-state index in [1.54, 1.807) is 23.8 Å². The summed E-state index contributed by atoms with van der Waals surface area (Å²) < 4.78 is 0. The van der Waals surface area contributed by atoms with E-state index >= 15 is 0 Å². The summed E-state index contributed by atoms with van der Waals surface area (Å²) in [6.07, 6.45) is 2.20. The van der Waals surface area contributed by atoms with E-state index in [0.29, 0.717) is 32.4 Å². The Hall–Kier alpha value is -1.10. The molecule has 0 aromatic carbocycles. The molecule has 1 heterocycles. The van der Waals surface area contributed by atoms with Gasteiger partial charge in [0.15, 0.2) is 0 Å². The van der Waals surface area contributed by atoms with E-state index in [2.05, 4.69) is 0 Å². The second kappa shape index (κ2) is 6.73. The van der Waals surface area contributed by atoms with E-state index in [0.717, 1.165) is 6.42 Å². The SMILES string of the molecule is CCC(C(=O)N(C)CCC(C)O)N1CCCC1=O. The maximum atomic E-state index is 12.3. The molecule has 104 valence electrons. The summed E-state index contributed by atoms with van der Waals surface area (Å²) in [5.74, 6) is 0.0625. The molecule has 1 saturated heterocycles. The van der Waals surface area contributed by atoms with Crippen molar-refractivity contribution >= 4 is 11.8 Å². The zero-order valence-corrected chi connectivity index (χ0v) is 11.6. The summed E-state index contributed by atoms with van der Waals surface area (Å²) in [4.78, 5) is 27.3. The topological polar surface area (TPSA) is 60.9 Å². The molecule has 0 aliphatic carbocycles. The van der Waals surface area contributed by atoms with Gasteiger partial charge in [0.25, 0.3) is 0 Å². The van der Waals surface area contributed by atoms with E-state index < -0.39 is 6.10 Å². The van der Waals surface area contributed by atoms with Crippen LogP contribution >= 0.6 is 0 Å². The molecule has 1 N–H and O–H groups in total. The van der Waals surface area contributed by atoms with Crippen LogP contribution in [0, 0.1) is 0 Å². The summed E-state index contributed by atoms with van der Waals surface area (Å²) >= 11 is 0. The van der Waals surface area contributed by atoms with Gasteiger partial charge in [-0.3, -0.25) is 9.59 Å². The van der Waals surface area contributed by atoms with Gasteiger partial charge in [0.05, 0.1) is 6.10 Å². The van der Waals surface area contributed by atoms with Crippen LogP contribution in [0.15, 0.2) is 0 Å². The van der Waals surface area contributed by atoms with Crippen LogP contribution < -0.4 is 0 Å². The lowest BCUT2D eigenvalue weighted by Crippen LogP contribution is -2.48. The molecule has 2 unspecified atom stereocenters. The molecule has 2 amide bonds. The lowest BCUT2D eigenvalue weighted by atomic mass is 10.1. The quantitative estimate of drug-likeness (QED) is 0.757. The van der Waals surface area contributed by atoms with Gasteiger partial charge in [-0.05, 0) is 26.2 Å². The number of hydrogen-bond donors (Lipinski definition) is 1. The van der Waals surface area contributed by atoms with Crippen LogP contribution in [0.3, 0.4) is 0 Å². The number of amides is 2. The van der Waals surface area contributed by atoms with Crippen molar-refractivity contribution in [2.75, 3.05) is 20.1 Å². The molecule has 0 spiro atoms. The normalized spacial score (nSPS) is 18.9. The Morgan fingerprint density at radius 1 is 1.56 bits per heavy atom. The highest BCUT2D eigenvalue weighted by Gasteiger charge is 2.32. The fourth-order valence-electron chi connectivity index (χ4n) is 2.27. The standard InChI is InChI=1S/C13H24N2O3/c1-4-11(15-8-5-6-12(15)17)13(18)14(3)9-7-10(2)16/h10-11,16H,4-9H2,1-3H3. The minimum Gasteiger partial charge on any atom is -0.393 e. The van der Waals surface area contributed by atoms with Crippen LogP contribution in [-0.4, -0.2) is 59.0 Å². The van der Waals surface area contributed by atoms with E-state index in [9.17, 15) is 14.7 Å². The Morgan fingerprint density at radius 3 is 2.67 bits per heavy atom. The third kappa shape index (κ3) is 3.70. The number of likely N-dealkylation sites (N-methyl/N-ethyl adjacent to an activating group) is 1. The minimum atomic E-state index is -0.409. The summed E-state index contributed by atoms with van der Waals surface area (Å²) in [5, 5.41) is 9.23. The first-order valence-corrected chi connectivity index (χ1v) is 6.69. The second-order valence-electron chi connectivity index (χ2n) is 5.01. The maximum Gasteiger partial charge on any atom is 0.245 e. The number of hydrogen-bond acceptors (Lipinski definition) is 3. The van der Waals surface area contributed by atoms with Gasteiger partial charge in [-0.1, -0.05) is 6.92 Å². The molecule has 18 heavy (non-hydrogen) atoms. The number of likely N-dealkylation sites (tertiary alicyclic amines) is 1. The molecule has 1 aliphatic heterocycles. The van der Waals surface area contributed by atoms with Gasteiger partial charge in [-0.15, -0.1) is 0 Å². The van der Waals surface area contributed by atoms with Crippen LogP contribution in [0.5, 0.6) is 0 Å².